The Bertz CT molecular complexity index is 743. The number of nitrogen functional groups attached to an aromatic ring is 1. The highest BCUT2D eigenvalue weighted by atomic mass is 16.5. The number of esters is 1. The van der Waals surface area contributed by atoms with E-state index in [0.717, 1.165) is 11.1 Å². The second-order valence-electron chi connectivity index (χ2n) is 5.63. The molecule has 0 heterocycles. The first-order valence-corrected chi connectivity index (χ1v) is 7.46. The Hall–Kier alpha value is -2.82. The van der Waals surface area contributed by atoms with Crippen molar-refractivity contribution in [3.8, 4) is 0 Å². The molecule has 0 bridgehead atoms. The van der Waals surface area contributed by atoms with Gasteiger partial charge in [-0.2, -0.15) is 0 Å². The lowest BCUT2D eigenvalue weighted by molar-refractivity contribution is -0.147. The van der Waals surface area contributed by atoms with E-state index in [-0.39, 0.29) is 11.9 Å². The number of amides is 1. The Morgan fingerprint density at radius 3 is 2.61 bits per heavy atom. The van der Waals surface area contributed by atoms with Crippen LogP contribution in [0.15, 0.2) is 48.5 Å². The van der Waals surface area contributed by atoms with Crippen LogP contribution in [0, 0.1) is 0 Å². The number of ether oxygens (including phenoxy) is 1. The molecule has 0 fully saturated rings. The van der Waals surface area contributed by atoms with Crippen LogP contribution >= 0.6 is 0 Å². The minimum absolute atomic E-state index is 0.206. The van der Waals surface area contributed by atoms with Gasteiger partial charge in [-0.15, -0.1) is 0 Å². The standard InChI is InChI=1S/C18H18N2O3/c1-11(21)23-16-9-13-7-8-14(19)10-15(13)17(16)20-18(22)12-5-3-2-4-6-12/h2-8,10,16-17H,9,19H2,1H3,(H,20,22)/t16-,17-/m1/s1. The summed E-state index contributed by atoms with van der Waals surface area (Å²) in [5.41, 5.74) is 8.97. The van der Waals surface area contributed by atoms with Crippen molar-refractivity contribution in [1.29, 1.82) is 0 Å². The van der Waals surface area contributed by atoms with Crippen molar-refractivity contribution in [2.24, 2.45) is 0 Å². The maximum Gasteiger partial charge on any atom is 0.302 e. The summed E-state index contributed by atoms with van der Waals surface area (Å²) in [5, 5.41) is 2.96. The predicted octanol–water partition coefficient (Wildman–Crippen LogP) is 2.23. The van der Waals surface area contributed by atoms with Crippen LogP contribution in [0.2, 0.25) is 0 Å². The van der Waals surface area contributed by atoms with Crippen LogP contribution in [-0.4, -0.2) is 18.0 Å². The van der Waals surface area contributed by atoms with E-state index in [1.807, 2.05) is 24.3 Å². The molecule has 0 saturated heterocycles. The van der Waals surface area contributed by atoms with Gasteiger partial charge in [0.1, 0.15) is 6.10 Å². The van der Waals surface area contributed by atoms with Gasteiger partial charge in [0.05, 0.1) is 6.04 Å². The van der Waals surface area contributed by atoms with E-state index in [1.165, 1.54) is 6.92 Å². The van der Waals surface area contributed by atoms with Gasteiger partial charge in [-0.25, -0.2) is 0 Å². The number of nitrogens with two attached hydrogens (primary N) is 1. The molecule has 1 aliphatic rings. The first-order chi connectivity index (χ1) is 11.0. The fourth-order valence-electron chi connectivity index (χ4n) is 2.93. The largest absolute Gasteiger partial charge is 0.460 e. The molecule has 2 aromatic rings. The molecule has 0 unspecified atom stereocenters. The summed E-state index contributed by atoms with van der Waals surface area (Å²) < 4.78 is 5.39. The lowest BCUT2D eigenvalue weighted by Gasteiger charge is -2.22. The average molecular weight is 310 g/mol. The Kier molecular flexibility index (Phi) is 4.02. The van der Waals surface area contributed by atoms with E-state index in [9.17, 15) is 9.59 Å². The molecule has 1 amide bonds. The second-order valence-corrected chi connectivity index (χ2v) is 5.63. The van der Waals surface area contributed by atoms with Crippen LogP contribution < -0.4 is 11.1 Å². The molecule has 0 spiro atoms. The fourth-order valence-corrected chi connectivity index (χ4v) is 2.93. The molecule has 0 radical (unpaired) electrons. The third kappa shape index (κ3) is 3.18. The molecule has 2 aromatic carbocycles. The van der Waals surface area contributed by atoms with E-state index >= 15 is 0 Å². The van der Waals surface area contributed by atoms with Crippen LogP contribution in [0.25, 0.3) is 0 Å². The molecule has 3 rings (SSSR count). The van der Waals surface area contributed by atoms with Gasteiger partial charge in [0.15, 0.2) is 0 Å². The summed E-state index contributed by atoms with van der Waals surface area (Å²) in [6.07, 6.45) is 0.145. The number of anilines is 1. The van der Waals surface area contributed by atoms with Crippen molar-refractivity contribution in [2.45, 2.75) is 25.5 Å². The topological polar surface area (TPSA) is 81.4 Å². The highest BCUT2D eigenvalue weighted by Gasteiger charge is 2.36. The van der Waals surface area contributed by atoms with Crippen LogP contribution in [0.3, 0.4) is 0 Å². The van der Waals surface area contributed by atoms with Crippen molar-refractivity contribution < 1.29 is 14.3 Å². The molecule has 0 aliphatic heterocycles. The van der Waals surface area contributed by atoms with Gasteiger partial charge in [0, 0.05) is 24.6 Å². The third-order valence-electron chi connectivity index (χ3n) is 3.94. The molecule has 0 saturated carbocycles. The number of rotatable bonds is 3. The lowest BCUT2D eigenvalue weighted by atomic mass is 10.1. The van der Waals surface area contributed by atoms with Gasteiger partial charge < -0.3 is 15.8 Å². The highest BCUT2D eigenvalue weighted by molar-refractivity contribution is 5.94. The third-order valence-corrected chi connectivity index (χ3v) is 3.94. The minimum atomic E-state index is -0.419. The molecule has 5 nitrogen and oxygen atoms in total. The van der Waals surface area contributed by atoms with Gasteiger partial charge in [0.2, 0.25) is 0 Å². The molecule has 0 aromatic heterocycles. The molecule has 118 valence electrons. The lowest BCUT2D eigenvalue weighted by Crippen LogP contribution is -2.36. The maximum atomic E-state index is 12.4. The Morgan fingerprint density at radius 2 is 1.91 bits per heavy atom. The minimum Gasteiger partial charge on any atom is -0.460 e. The first kappa shape index (κ1) is 15.1. The predicted molar refractivity (Wildman–Crippen MR) is 86.8 cm³/mol. The number of fused-ring (bicyclic) bond motifs is 1. The Labute approximate surface area is 134 Å². The SMILES string of the molecule is CC(=O)O[C@@H]1Cc2ccc(N)cc2[C@H]1NC(=O)c1ccccc1. The monoisotopic (exact) mass is 310 g/mol. The van der Waals surface area contributed by atoms with Gasteiger partial charge >= 0.3 is 5.97 Å². The second kappa shape index (κ2) is 6.12. The summed E-state index contributed by atoms with van der Waals surface area (Å²) in [6.45, 7) is 1.37. The number of hydrogen-bond acceptors (Lipinski definition) is 4. The van der Waals surface area contributed by atoms with E-state index in [1.54, 1.807) is 24.3 Å². The van der Waals surface area contributed by atoms with Gasteiger partial charge in [-0.1, -0.05) is 24.3 Å². The van der Waals surface area contributed by atoms with Crippen LogP contribution in [-0.2, 0) is 16.0 Å². The summed E-state index contributed by atoms with van der Waals surface area (Å²) in [4.78, 5) is 23.8. The molecule has 3 N–H and O–H groups in total. The first-order valence-electron chi connectivity index (χ1n) is 7.46. The molecular weight excluding hydrogens is 292 g/mol. The van der Waals surface area contributed by atoms with Crippen LogP contribution in [0.4, 0.5) is 5.69 Å². The van der Waals surface area contributed by atoms with E-state index < -0.39 is 12.1 Å². The van der Waals surface area contributed by atoms with Gasteiger partial charge in [-0.05, 0) is 35.4 Å². The van der Waals surface area contributed by atoms with Gasteiger partial charge in [0.25, 0.3) is 5.91 Å². The van der Waals surface area contributed by atoms with Crippen molar-refractivity contribution in [3.63, 3.8) is 0 Å². The summed E-state index contributed by atoms with van der Waals surface area (Å²) in [7, 11) is 0. The van der Waals surface area contributed by atoms with Crippen molar-refractivity contribution in [2.75, 3.05) is 5.73 Å². The van der Waals surface area contributed by atoms with Crippen LogP contribution in [0.5, 0.6) is 0 Å². The quantitative estimate of drug-likeness (QED) is 0.673. The highest BCUT2D eigenvalue weighted by Crippen LogP contribution is 2.35. The molecular formula is C18H18N2O3. The molecule has 1 aliphatic carbocycles. The zero-order valence-electron chi connectivity index (χ0n) is 12.8. The van der Waals surface area contributed by atoms with Crippen molar-refractivity contribution >= 4 is 17.6 Å². The number of hydrogen-bond donors (Lipinski definition) is 2. The zero-order valence-corrected chi connectivity index (χ0v) is 12.8. The Morgan fingerprint density at radius 1 is 1.17 bits per heavy atom. The molecule has 2 atom stereocenters. The van der Waals surface area contributed by atoms with E-state index in [4.69, 9.17) is 10.5 Å². The normalized spacial score (nSPS) is 19.0. The van der Waals surface area contributed by atoms with Crippen LogP contribution in [0.1, 0.15) is 34.5 Å². The van der Waals surface area contributed by atoms with E-state index in [2.05, 4.69) is 5.32 Å². The smallest absolute Gasteiger partial charge is 0.302 e. The maximum absolute atomic E-state index is 12.4. The number of nitrogens with one attached hydrogen (secondary N) is 1. The van der Waals surface area contributed by atoms with Gasteiger partial charge in [-0.3, -0.25) is 9.59 Å². The van der Waals surface area contributed by atoms with Crippen molar-refractivity contribution in [1.82, 2.24) is 5.32 Å². The number of carbonyl (C=O) groups is 2. The molecule has 5 heteroatoms. The summed E-state index contributed by atoms with van der Waals surface area (Å²) in [5.74, 6) is -0.572. The molecule has 23 heavy (non-hydrogen) atoms. The summed E-state index contributed by atoms with van der Waals surface area (Å²) in [6, 6.07) is 14.1. The summed E-state index contributed by atoms with van der Waals surface area (Å²) >= 11 is 0. The zero-order chi connectivity index (χ0) is 16.4. The fraction of sp³-hybridized carbons (Fsp3) is 0.222. The average Bonchev–Trinajstić information content (AvgIpc) is 2.84. The van der Waals surface area contributed by atoms with E-state index in [0.29, 0.717) is 17.7 Å². The number of carbonyl (C=O) groups excluding carboxylic acids is 2. The Balaban J connectivity index is 1.88. The number of benzene rings is 2. The van der Waals surface area contributed by atoms with Crippen molar-refractivity contribution in [3.05, 3.63) is 65.2 Å².